The van der Waals surface area contributed by atoms with Crippen LogP contribution in [-0.4, -0.2) is 53.0 Å². The van der Waals surface area contributed by atoms with Gasteiger partial charge in [0.25, 0.3) is 0 Å². The second kappa shape index (κ2) is 5.26. The topological polar surface area (TPSA) is 48.5 Å². The summed E-state index contributed by atoms with van der Waals surface area (Å²) in [5.41, 5.74) is 0.949. The predicted octanol–water partition coefficient (Wildman–Crippen LogP) is 1.65. The number of nitrogens with one attached hydrogen (secondary N) is 1. The van der Waals surface area contributed by atoms with E-state index in [1.54, 1.807) is 11.3 Å². The second-order valence-electron chi connectivity index (χ2n) is 5.01. The molecule has 2 fully saturated rings. The van der Waals surface area contributed by atoms with Crippen molar-refractivity contribution in [1.29, 1.82) is 0 Å². The summed E-state index contributed by atoms with van der Waals surface area (Å²) in [5.74, 6) is 0.470. The van der Waals surface area contributed by atoms with E-state index in [4.69, 9.17) is 11.6 Å². The first-order valence-corrected chi connectivity index (χ1v) is 7.89. The number of alkyl halides is 1. The van der Waals surface area contributed by atoms with Crippen LogP contribution in [0.15, 0.2) is 5.38 Å². The monoisotopic (exact) mass is 300 g/mol. The number of hydrogen-bond acceptors (Lipinski definition) is 4. The van der Waals surface area contributed by atoms with Gasteiger partial charge in [-0.05, 0) is 6.92 Å². The summed E-state index contributed by atoms with van der Waals surface area (Å²) in [7, 11) is 0. The van der Waals surface area contributed by atoms with Gasteiger partial charge in [-0.25, -0.2) is 9.78 Å². The number of carbonyl (C=O) groups is 1. The Morgan fingerprint density at radius 3 is 3.21 bits per heavy atom. The Balaban J connectivity index is 1.68. The van der Waals surface area contributed by atoms with E-state index in [-0.39, 0.29) is 6.03 Å². The number of hydrogen-bond donors (Lipinski definition) is 1. The molecule has 3 rings (SSSR count). The standard InChI is InChI=1S/C12H17ClN4OS/c1-8(11-15-9(4-13)7-19-11)16-2-3-17-10(6-16)5-14-12(17)18/h7-8,10H,2-6H2,1H3,(H,14,18). The number of fused-ring (bicyclic) bond motifs is 1. The average Bonchev–Trinajstić information content (AvgIpc) is 3.05. The lowest BCUT2D eigenvalue weighted by atomic mass is 10.1. The van der Waals surface area contributed by atoms with Crippen molar-refractivity contribution >= 4 is 29.0 Å². The van der Waals surface area contributed by atoms with Crippen molar-refractivity contribution in [2.45, 2.75) is 24.9 Å². The molecule has 0 radical (unpaired) electrons. The largest absolute Gasteiger partial charge is 0.336 e. The van der Waals surface area contributed by atoms with Gasteiger partial charge in [-0.3, -0.25) is 4.90 Å². The Bertz CT molecular complexity index is 480. The number of piperazine rings is 1. The third-order valence-corrected chi connectivity index (χ3v) is 5.21. The number of halogens is 1. The van der Waals surface area contributed by atoms with E-state index in [2.05, 4.69) is 22.1 Å². The maximum absolute atomic E-state index is 11.6. The zero-order chi connectivity index (χ0) is 13.4. The Hall–Kier alpha value is -0.850. The van der Waals surface area contributed by atoms with Crippen LogP contribution in [0.1, 0.15) is 23.7 Å². The molecule has 1 aromatic heterocycles. The fourth-order valence-corrected chi connectivity index (χ4v) is 3.85. The molecule has 0 aromatic carbocycles. The molecule has 1 aromatic rings. The van der Waals surface area contributed by atoms with Crippen LogP contribution in [0.3, 0.4) is 0 Å². The first-order chi connectivity index (χ1) is 9.19. The highest BCUT2D eigenvalue weighted by Crippen LogP contribution is 2.27. The summed E-state index contributed by atoms with van der Waals surface area (Å²) in [6, 6.07) is 0.673. The molecule has 0 aliphatic carbocycles. The van der Waals surface area contributed by atoms with Crippen LogP contribution in [0, 0.1) is 0 Å². The molecule has 0 saturated carbocycles. The third kappa shape index (κ3) is 2.44. The van der Waals surface area contributed by atoms with Gasteiger partial charge in [0.2, 0.25) is 0 Å². The molecule has 5 nitrogen and oxygen atoms in total. The lowest BCUT2D eigenvalue weighted by Gasteiger charge is -2.39. The van der Waals surface area contributed by atoms with Crippen LogP contribution in [0.5, 0.6) is 0 Å². The Labute approximate surface area is 121 Å². The Morgan fingerprint density at radius 1 is 1.63 bits per heavy atom. The summed E-state index contributed by atoms with van der Waals surface area (Å²) >= 11 is 7.47. The summed E-state index contributed by atoms with van der Waals surface area (Å²) in [5, 5.41) is 6.04. The van der Waals surface area contributed by atoms with Crippen molar-refractivity contribution in [2.24, 2.45) is 0 Å². The van der Waals surface area contributed by atoms with E-state index in [0.717, 1.165) is 36.9 Å². The Morgan fingerprint density at radius 2 is 2.47 bits per heavy atom. The molecular formula is C12H17ClN4OS. The number of urea groups is 1. The van der Waals surface area contributed by atoms with E-state index < -0.39 is 0 Å². The van der Waals surface area contributed by atoms with Gasteiger partial charge >= 0.3 is 6.03 Å². The number of nitrogens with zero attached hydrogens (tertiary/aromatic N) is 3. The molecular weight excluding hydrogens is 284 g/mol. The molecule has 3 heterocycles. The van der Waals surface area contributed by atoms with Crippen LogP contribution >= 0.6 is 22.9 Å². The second-order valence-corrected chi connectivity index (χ2v) is 6.17. The number of amides is 2. The van der Waals surface area contributed by atoms with Gasteiger partial charge in [-0.1, -0.05) is 0 Å². The van der Waals surface area contributed by atoms with Crippen molar-refractivity contribution < 1.29 is 4.79 Å². The highest BCUT2D eigenvalue weighted by atomic mass is 35.5. The highest BCUT2D eigenvalue weighted by molar-refractivity contribution is 7.09. The summed E-state index contributed by atoms with van der Waals surface area (Å²) in [6.07, 6.45) is 0. The van der Waals surface area contributed by atoms with Crippen LogP contribution in [0.2, 0.25) is 0 Å². The first kappa shape index (κ1) is 13.1. The van der Waals surface area contributed by atoms with Crippen molar-refractivity contribution in [1.82, 2.24) is 20.1 Å². The van der Waals surface area contributed by atoms with E-state index in [0.29, 0.717) is 18.0 Å². The lowest BCUT2D eigenvalue weighted by Crippen LogP contribution is -2.52. The third-order valence-electron chi connectivity index (χ3n) is 3.88. The molecule has 1 N–H and O–H groups in total. The molecule has 19 heavy (non-hydrogen) atoms. The molecule has 2 unspecified atom stereocenters. The lowest BCUT2D eigenvalue weighted by molar-refractivity contribution is 0.0938. The number of carbonyl (C=O) groups excluding carboxylic acids is 1. The number of rotatable bonds is 3. The Kier molecular flexibility index (Phi) is 3.64. The minimum atomic E-state index is 0.0796. The SMILES string of the molecule is CC(c1nc(CCl)cs1)N1CCN2C(=O)NCC2C1. The fraction of sp³-hybridized carbons (Fsp3) is 0.667. The fourth-order valence-electron chi connectivity index (χ4n) is 2.71. The van der Waals surface area contributed by atoms with Crippen LogP contribution in [0.4, 0.5) is 4.79 Å². The number of aromatic nitrogens is 1. The highest BCUT2D eigenvalue weighted by Gasteiger charge is 2.37. The van der Waals surface area contributed by atoms with Gasteiger partial charge in [0.05, 0.1) is 23.7 Å². The van der Waals surface area contributed by atoms with Gasteiger partial charge in [0.15, 0.2) is 0 Å². The molecule has 0 bridgehead atoms. The molecule has 2 aliphatic rings. The van der Waals surface area contributed by atoms with Crippen molar-refractivity contribution in [3.63, 3.8) is 0 Å². The molecule has 0 spiro atoms. The predicted molar refractivity (Wildman–Crippen MR) is 75.6 cm³/mol. The molecule has 104 valence electrons. The smallest absolute Gasteiger partial charge is 0.317 e. The molecule has 7 heteroatoms. The van der Waals surface area contributed by atoms with Crippen LogP contribution < -0.4 is 5.32 Å². The maximum atomic E-state index is 11.6. The summed E-state index contributed by atoms with van der Waals surface area (Å²) in [4.78, 5) is 20.5. The van der Waals surface area contributed by atoms with Crippen LogP contribution in [0.25, 0.3) is 0 Å². The maximum Gasteiger partial charge on any atom is 0.317 e. The van der Waals surface area contributed by atoms with Gasteiger partial charge in [0, 0.05) is 31.6 Å². The molecule has 2 amide bonds. The van der Waals surface area contributed by atoms with Crippen molar-refractivity contribution in [2.75, 3.05) is 26.2 Å². The minimum Gasteiger partial charge on any atom is -0.336 e. The van der Waals surface area contributed by atoms with Gasteiger partial charge in [-0.2, -0.15) is 0 Å². The molecule has 2 saturated heterocycles. The van der Waals surface area contributed by atoms with E-state index >= 15 is 0 Å². The van der Waals surface area contributed by atoms with E-state index in [1.165, 1.54) is 0 Å². The number of thiazole rings is 1. The van der Waals surface area contributed by atoms with Gasteiger partial charge in [-0.15, -0.1) is 22.9 Å². The normalized spacial score (nSPS) is 25.3. The summed E-state index contributed by atoms with van der Waals surface area (Å²) < 4.78 is 0. The van der Waals surface area contributed by atoms with Crippen molar-refractivity contribution in [3.05, 3.63) is 16.1 Å². The van der Waals surface area contributed by atoms with Crippen molar-refractivity contribution in [3.8, 4) is 0 Å². The van der Waals surface area contributed by atoms with E-state index in [9.17, 15) is 4.79 Å². The minimum absolute atomic E-state index is 0.0796. The zero-order valence-electron chi connectivity index (χ0n) is 10.8. The summed E-state index contributed by atoms with van der Waals surface area (Å²) in [6.45, 7) is 5.55. The molecule has 2 aliphatic heterocycles. The van der Waals surface area contributed by atoms with Gasteiger partial charge < -0.3 is 10.2 Å². The quantitative estimate of drug-likeness (QED) is 0.864. The first-order valence-electron chi connectivity index (χ1n) is 6.48. The average molecular weight is 301 g/mol. The van der Waals surface area contributed by atoms with Gasteiger partial charge in [0.1, 0.15) is 5.01 Å². The zero-order valence-corrected chi connectivity index (χ0v) is 12.4. The van der Waals surface area contributed by atoms with E-state index in [1.807, 2.05) is 10.3 Å². The molecule has 2 atom stereocenters. The van der Waals surface area contributed by atoms with Crippen LogP contribution in [-0.2, 0) is 5.88 Å².